The highest BCUT2D eigenvalue weighted by Gasteiger charge is 2.15. The predicted molar refractivity (Wildman–Crippen MR) is 91.6 cm³/mol. The number of aromatic amines is 1. The second kappa shape index (κ2) is 5.06. The molecule has 0 bridgehead atoms. The predicted octanol–water partition coefficient (Wildman–Crippen LogP) is 3.85. The Kier molecular flexibility index (Phi) is 3.00. The molecule has 0 spiro atoms. The first kappa shape index (κ1) is 14.2. The molecule has 6 nitrogen and oxygen atoms in total. The summed E-state index contributed by atoms with van der Waals surface area (Å²) in [6, 6.07) is 6.44. The van der Waals surface area contributed by atoms with Gasteiger partial charge in [0, 0.05) is 25.2 Å². The van der Waals surface area contributed by atoms with Crippen LogP contribution < -0.4 is 5.32 Å². The highest BCUT2D eigenvalue weighted by atomic mass is 19.1. The summed E-state index contributed by atoms with van der Waals surface area (Å²) in [5, 5.41) is 3.98. The van der Waals surface area contributed by atoms with Crippen LogP contribution in [0.1, 0.15) is 0 Å². The van der Waals surface area contributed by atoms with Gasteiger partial charge in [-0.2, -0.15) is 0 Å². The summed E-state index contributed by atoms with van der Waals surface area (Å²) >= 11 is 0. The second-order valence-electron chi connectivity index (χ2n) is 5.49. The Morgan fingerprint density at radius 1 is 1.33 bits per heavy atom. The molecule has 0 saturated heterocycles. The number of nitrogens with one attached hydrogen (secondary N) is 2. The van der Waals surface area contributed by atoms with Crippen molar-refractivity contribution in [1.82, 2.24) is 19.5 Å². The van der Waals surface area contributed by atoms with Crippen LogP contribution in [-0.4, -0.2) is 26.6 Å². The lowest BCUT2D eigenvalue weighted by atomic mass is 10.1. The topological polar surface area (TPSA) is 62.9 Å². The first-order chi connectivity index (χ1) is 11.6. The van der Waals surface area contributed by atoms with E-state index in [0.29, 0.717) is 11.5 Å². The molecule has 0 fully saturated rings. The number of H-pyrrole nitrogens is 1. The van der Waals surface area contributed by atoms with Crippen molar-refractivity contribution >= 4 is 33.6 Å². The monoisotopic (exact) mass is 320 g/mol. The number of aromatic nitrogens is 4. The van der Waals surface area contributed by atoms with Crippen LogP contribution in [-0.2, 0) is 7.05 Å². The lowest BCUT2D eigenvalue weighted by Gasteiger charge is -2.02. The molecule has 24 heavy (non-hydrogen) atoms. The SMILES string of the molecule is [C-]#[N+]c1cc(-c2cc3c(nc(NC)c4ncn(C)c43)[nH]2)ccc1F. The summed E-state index contributed by atoms with van der Waals surface area (Å²) in [4.78, 5) is 15.4. The molecule has 4 aromatic rings. The third-order valence-corrected chi connectivity index (χ3v) is 4.05. The summed E-state index contributed by atoms with van der Waals surface area (Å²) in [5.74, 6) is 0.168. The maximum atomic E-state index is 13.6. The van der Waals surface area contributed by atoms with E-state index < -0.39 is 5.82 Å². The maximum absolute atomic E-state index is 13.6. The molecular weight excluding hydrogens is 307 g/mol. The number of aryl methyl sites for hydroxylation is 1. The molecule has 0 aliphatic heterocycles. The van der Waals surface area contributed by atoms with Crippen LogP contribution in [0.3, 0.4) is 0 Å². The van der Waals surface area contributed by atoms with E-state index in [1.165, 1.54) is 12.1 Å². The van der Waals surface area contributed by atoms with E-state index in [2.05, 4.69) is 25.1 Å². The third kappa shape index (κ3) is 1.93. The molecule has 0 unspecified atom stereocenters. The molecule has 0 amide bonds. The van der Waals surface area contributed by atoms with Gasteiger partial charge in [0.15, 0.2) is 5.82 Å². The molecule has 4 rings (SSSR count). The van der Waals surface area contributed by atoms with E-state index in [-0.39, 0.29) is 5.69 Å². The zero-order valence-electron chi connectivity index (χ0n) is 13.1. The Hall–Kier alpha value is -3.40. The number of halogens is 1. The Morgan fingerprint density at radius 2 is 2.17 bits per heavy atom. The van der Waals surface area contributed by atoms with Crippen molar-refractivity contribution in [2.75, 3.05) is 12.4 Å². The van der Waals surface area contributed by atoms with Gasteiger partial charge < -0.3 is 14.9 Å². The fraction of sp³-hybridized carbons (Fsp3) is 0.118. The summed E-state index contributed by atoms with van der Waals surface area (Å²) < 4.78 is 15.5. The molecule has 0 aliphatic carbocycles. The molecule has 7 heteroatoms. The number of pyridine rings is 1. The molecular formula is C17H13FN6. The van der Waals surface area contributed by atoms with E-state index in [1.54, 1.807) is 19.4 Å². The minimum Gasteiger partial charge on any atom is -0.371 e. The number of imidazole rings is 1. The van der Waals surface area contributed by atoms with Crippen LogP contribution in [0.2, 0.25) is 0 Å². The summed E-state index contributed by atoms with van der Waals surface area (Å²) in [6.45, 7) is 7.06. The highest BCUT2D eigenvalue weighted by Crippen LogP contribution is 2.33. The van der Waals surface area contributed by atoms with Gasteiger partial charge >= 0.3 is 0 Å². The van der Waals surface area contributed by atoms with Crippen LogP contribution in [0, 0.1) is 12.4 Å². The smallest absolute Gasteiger partial charge is 0.222 e. The van der Waals surface area contributed by atoms with Crippen molar-refractivity contribution in [3.8, 4) is 11.3 Å². The molecule has 1 aromatic carbocycles. The first-order valence-electron chi connectivity index (χ1n) is 7.31. The molecule has 0 aliphatic rings. The van der Waals surface area contributed by atoms with Crippen molar-refractivity contribution in [1.29, 1.82) is 0 Å². The number of hydrogen-bond acceptors (Lipinski definition) is 3. The Morgan fingerprint density at radius 3 is 2.92 bits per heavy atom. The fourth-order valence-electron chi connectivity index (χ4n) is 2.89. The van der Waals surface area contributed by atoms with Crippen LogP contribution >= 0.6 is 0 Å². The summed E-state index contributed by atoms with van der Waals surface area (Å²) in [5.41, 5.74) is 3.97. The third-order valence-electron chi connectivity index (χ3n) is 4.05. The van der Waals surface area contributed by atoms with Crippen LogP contribution in [0.5, 0.6) is 0 Å². The van der Waals surface area contributed by atoms with E-state index in [4.69, 9.17) is 6.57 Å². The van der Waals surface area contributed by atoms with Crippen molar-refractivity contribution in [2.45, 2.75) is 0 Å². The van der Waals surface area contributed by atoms with Crippen LogP contribution in [0.25, 0.3) is 38.2 Å². The molecule has 3 aromatic heterocycles. The van der Waals surface area contributed by atoms with E-state index in [9.17, 15) is 4.39 Å². The number of rotatable bonds is 2. The van der Waals surface area contributed by atoms with Gasteiger partial charge in [0.25, 0.3) is 0 Å². The van der Waals surface area contributed by atoms with Gasteiger partial charge in [-0.3, -0.25) is 0 Å². The quantitative estimate of drug-likeness (QED) is 0.551. The van der Waals surface area contributed by atoms with Crippen molar-refractivity contribution in [3.05, 3.63) is 47.8 Å². The lowest BCUT2D eigenvalue weighted by Crippen LogP contribution is -1.95. The van der Waals surface area contributed by atoms with Crippen molar-refractivity contribution < 1.29 is 4.39 Å². The molecule has 0 radical (unpaired) electrons. The number of fused-ring (bicyclic) bond motifs is 3. The first-order valence-corrected chi connectivity index (χ1v) is 7.31. The summed E-state index contributed by atoms with van der Waals surface area (Å²) in [7, 11) is 3.73. The van der Waals surface area contributed by atoms with Crippen LogP contribution in [0.15, 0.2) is 30.6 Å². The molecule has 2 N–H and O–H groups in total. The van der Waals surface area contributed by atoms with E-state index in [0.717, 1.165) is 27.7 Å². The largest absolute Gasteiger partial charge is 0.371 e. The number of anilines is 1. The molecule has 0 saturated carbocycles. The fourth-order valence-corrected chi connectivity index (χ4v) is 2.89. The zero-order chi connectivity index (χ0) is 16.8. The highest BCUT2D eigenvalue weighted by molar-refractivity contribution is 6.07. The summed E-state index contributed by atoms with van der Waals surface area (Å²) in [6.07, 6.45) is 1.74. The standard InChI is InChI=1S/C17H13FN6/c1-19-13-6-9(4-5-11(13)18)12-7-10-15-14(21-8-24(15)3)17(20-2)23-16(10)22-12/h4-8H,2-3H3,(H2,20,22,23). The van der Waals surface area contributed by atoms with Gasteiger partial charge in [-0.05, 0) is 23.8 Å². The van der Waals surface area contributed by atoms with Gasteiger partial charge in [0.1, 0.15) is 17.0 Å². The Bertz CT molecular complexity index is 1130. The second-order valence-corrected chi connectivity index (χ2v) is 5.49. The van der Waals surface area contributed by atoms with Crippen molar-refractivity contribution in [2.24, 2.45) is 7.05 Å². The molecule has 118 valence electrons. The lowest BCUT2D eigenvalue weighted by molar-refractivity contribution is 0.634. The minimum atomic E-state index is -0.519. The zero-order valence-corrected chi connectivity index (χ0v) is 13.1. The Labute approximate surface area is 136 Å². The maximum Gasteiger partial charge on any atom is 0.222 e. The molecule has 0 atom stereocenters. The van der Waals surface area contributed by atoms with Gasteiger partial charge in [-0.15, -0.1) is 0 Å². The van der Waals surface area contributed by atoms with Crippen molar-refractivity contribution in [3.63, 3.8) is 0 Å². The van der Waals surface area contributed by atoms with Gasteiger partial charge in [0.2, 0.25) is 5.69 Å². The van der Waals surface area contributed by atoms with Crippen LogP contribution in [0.4, 0.5) is 15.9 Å². The average molecular weight is 320 g/mol. The van der Waals surface area contributed by atoms with Gasteiger partial charge in [-0.25, -0.2) is 19.2 Å². The normalized spacial score (nSPS) is 11.1. The van der Waals surface area contributed by atoms with Gasteiger partial charge in [0.05, 0.1) is 18.4 Å². The number of nitrogens with zero attached hydrogens (tertiary/aromatic N) is 4. The average Bonchev–Trinajstić information content (AvgIpc) is 3.18. The van der Waals surface area contributed by atoms with E-state index >= 15 is 0 Å². The number of benzene rings is 1. The van der Waals surface area contributed by atoms with E-state index in [1.807, 2.05) is 17.7 Å². The Balaban J connectivity index is 2.01. The van der Waals surface area contributed by atoms with Gasteiger partial charge in [-0.1, -0.05) is 6.07 Å². The molecule has 3 heterocycles. The number of hydrogen-bond donors (Lipinski definition) is 2. The minimum absolute atomic E-state index is 0.000657.